The Labute approximate surface area is 160 Å². The number of amides is 1. The van der Waals surface area contributed by atoms with Crippen LogP contribution in [0.5, 0.6) is 0 Å². The molecule has 0 aromatic heterocycles. The average Bonchev–Trinajstić information content (AvgIpc) is 2.59. The van der Waals surface area contributed by atoms with Gasteiger partial charge in [-0.1, -0.05) is 23.2 Å². The molecule has 156 valence electrons. The number of halogens is 10. The summed E-state index contributed by atoms with van der Waals surface area (Å²) >= 11 is 10.7. The van der Waals surface area contributed by atoms with Crippen molar-refractivity contribution in [1.82, 2.24) is 4.90 Å². The molecule has 1 unspecified atom stereocenters. The molecular weight excluding hydrogens is 453 g/mol. The second-order valence-electron chi connectivity index (χ2n) is 5.30. The Morgan fingerprint density at radius 1 is 1.04 bits per heavy atom. The SMILES string of the molecule is CCN1C(=O)C(Cl)(Cl)C(O)(C(F)(F)F)N=C1Nc1c(F)c(F)c(F)c(F)c1F. The number of hydrogen-bond acceptors (Lipinski definition) is 4. The van der Waals surface area contributed by atoms with E-state index in [1.807, 2.05) is 0 Å². The number of carbonyl (C=O) groups is 1. The minimum absolute atomic E-state index is 0.207. The van der Waals surface area contributed by atoms with Crippen molar-refractivity contribution in [3.8, 4) is 0 Å². The molecule has 1 aromatic carbocycles. The van der Waals surface area contributed by atoms with E-state index in [2.05, 4.69) is 4.99 Å². The summed E-state index contributed by atoms with van der Waals surface area (Å²) in [7, 11) is 0. The molecule has 0 radical (unpaired) electrons. The number of carbonyl (C=O) groups excluding carboxylic acids is 1. The standard InChI is InChI=1S/C13H7Cl2F8N3O2/c1-2-26-9(27)11(14,15)12(28,13(21,22)23)25-10(26)24-8-6(19)4(17)3(16)5(18)7(8)20/h28H,2H2,1H3,(H,24,25). The van der Waals surface area contributed by atoms with Crippen LogP contribution in [0.2, 0.25) is 0 Å². The molecular formula is C13H7Cl2F8N3O2. The quantitative estimate of drug-likeness (QED) is 0.308. The number of aliphatic imine (C=N–C) groups is 1. The van der Waals surface area contributed by atoms with Gasteiger partial charge in [-0.05, 0) is 6.92 Å². The molecule has 1 aliphatic heterocycles. The van der Waals surface area contributed by atoms with E-state index in [-0.39, 0.29) is 4.90 Å². The van der Waals surface area contributed by atoms with Gasteiger partial charge in [0.05, 0.1) is 0 Å². The Hall–Kier alpha value is -1.86. The van der Waals surface area contributed by atoms with Crippen LogP contribution >= 0.6 is 23.2 Å². The van der Waals surface area contributed by atoms with Gasteiger partial charge in [-0.3, -0.25) is 9.69 Å². The number of alkyl halides is 5. The second kappa shape index (κ2) is 6.88. The Morgan fingerprint density at radius 2 is 1.46 bits per heavy atom. The number of hydrogen-bond donors (Lipinski definition) is 2. The summed E-state index contributed by atoms with van der Waals surface area (Å²) in [4.78, 5) is 15.1. The molecule has 28 heavy (non-hydrogen) atoms. The van der Waals surface area contributed by atoms with Crippen LogP contribution in [0, 0.1) is 29.1 Å². The topological polar surface area (TPSA) is 64.9 Å². The normalized spacial score (nSPS) is 22.4. The number of benzene rings is 1. The summed E-state index contributed by atoms with van der Waals surface area (Å²) in [6.07, 6.45) is -5.77. The van der Waals surface area contributed by atoms with Crippen LogP contribution in [0.15, 0.2) is 4.99 Å². The highest BCUT2D eigenvalue weighted by atomic mass is 35.5. The lowest BCUT2D eigenvalue weighted by Crippen LogP contribution is -2.68. The molecule has 2 N–H and O–H groups in total. The average molecular weight is 460 g/mol. The van der Waals surface area contributed by atoms with Crippen LogP contribution in [0.3, 0.4) is 0 Å². The van der Waals surface area contributed by atoms with E-state index in [1.54, 1.807) is 0 Å². The molecule has 0 bridgehead atoms. The van der Waals surface area contributed by atoms with Crippen molar-refractivity contribution < 1.29 is 45.0 Å². The van der Waals surface area contributed by atoms with Crippen molar-refractivity contribution in [3.63, 3.8) is 0 Å². The van der Waals surface area contributed by atoms with E-state index < -0.39 is 69.4 Å². The van der Waals surface area contributed by atoms with Crippen molar-refractivity contribution in [2.24, 2.45) is 4.99 Å². The summed E-state index contributed by atoms with van der Waals surface area (Å²) in [5, 5.41) is 11.2. The largest absolute Gasteiger partial charge is 0.442 e. The molecule has 15 heteroatoms. The van der Waals surface area contributed by atoms with Gasteiger partial charge in [0, 0.05) is 6.54 Å². The second-order valence-corrected chi connectivity index (χ2v) is 6.63. The summed E-state index contributed by atoms with van der Waals surface area (Å²) in [5.41, 5.74) is -6.32. The summed E-state index contributed by atoms with van der Waals surface area (Å²) < 4.78 is 103. The van der Waals surface area contributed by atoms with Crippen LogP contribution in [-0.4, -0.2) is 44.7 Å². The lowest BCUT2D eigenvalue weighted by Gasteiger charge is -2.43. The van der Waals surface area contributed by atoms with Gasteiger partial charge in [0.1, 0.15) is 5.69 Å². The monoisotopic (exact) mass is 459 g/mol. The van der Waals surface area contributed by atoms with Crippen molar-refractivity contribution in [1.29, 1.82) is 0 Å². The van der Waals surface area contributed by atoms with E-state index >= 15 is 0 Å². The number of guanidine groups is 1. The first-order chi connectivity index (χ1) is 12.6. The molecule has 5 nitrogen and oxygen atoms in total. The fraction of sp³-hybridized carbons (Fsp3) is 0.385. The molecule has 0 saturated heterocycles. The molecule has 1 amide bonds. The van der Waals surface area contributed by atoms with Crippen LogP contribution in [-0.2, 0) is 4.79 Å². The van der Waals surface area contributed by atoms with Crippen LogP contribution in [0.1, 0.15) is 6.92 Å². The van der Waals surface area contributed by atoms with E-state index in [0.717, 1.165) is 6.92 Å². The maximum atomic E-state index is 13.8. The van der Waals surface area contributed by atoms with Gasteiger partial charge in [0.2, 0.25) is 11.8 Å². The zero-order valence-corrected chi connectivity index (χ0v) is 14.7. The highest BCUT2D eigenvalue weighted by Gasteiger charge is 2.73. The molecule has 1 aromatic rings. The molecule has 0 fully saturated rings. The highest BCUT2D eigenvalue weighted by molar-refractivity contribution is 6.60. The van der Waals surface area contributed by atoms with Crippen LogP contribution in [0.25, 0.3) is 0 Å². The first kappa shape index (κ1) is 22.4. The number of nitrogens with zero attached hydrogens (tertiary/aromatic N) is 2. The highest BCUT2D eigenvalue weighted by Crippen LogP contribution is 2.49. The van der Waals surface area contributed by atoms with E-state index in [1.165, 1.54) is 5.32 Å². The summed E-state index contributed by atoms with van der Waals surface area (Å²) in [5.74, 6) is -15.5. The Morgan fingerprint density at radius 3 is 1.86 bits per heavy atom. The Bertz CT molecular complexity index is 847. The third kappa shape index (κ3) is 3.05. The number of anilines is 1. The van der Waals surface area contributed by atoms with Gasteiger partial charge < -0.3 is 10.4 Å². The van der Waals surface area contributed by atoms with Gasteiger partial charge in [0.15, 0.2) is 23.3 Å². The molecule has 2 rings (SSSR count). The maximum Gasteiger partial charge on any atom is 0.442 e. The van der Waals surface area contributed by atoms with Crippen molar-refractivity contribution in [3.05, 3.63) is 29.1 Å². The smallest absolute Gasteiger partial charge is 0.359 e. The van der Waals surface area contributed by atoms with Crippen molar-refractivity contribution in [2.75, 3.05) is 11.9 Å². The lowest BCUT2D eigenvalue weighted by molar-refractivity contribution is -0.262. The van der Waals surface area contributed by atoms with Crippen LogP contribution < -0.4 is 5.32 Å². The first-order valence-corrected chi connectivity index (χ1v) is 7.74. The third-order valence-corrected chi connectivity index (χ3v) is 4.48. The van der Waals surface area contributed by atoms with Crippen molar-refractivity contribution >= 4 is 40.8 Å². The van der Waals surface area contributed by atoms with Gasteiger partial charge in [-0.25, -0.2) is 26.9 Å². The predicted octanol–water partition coefficient (Wildman–Crippen LogP) is 3.44. The van der Waals surface area contributed by atoms with Gasteiger partial charge in [-0.15, -0.1) is 0 Å². The van der Waals surface area contributed by atoms with Gasteiger partial charge in [-0.2, -0.15) is 13.2 Å². The maximum absolute atomic E-state index is 13.8. The minimum Gasteiger partial charge on any atom is -0.359 e. The zero-order chi connectivity index (χ0) is 21.8. The zero-order valence-electron chi connectivity index (χ0n) is 13.2. The predicted molar refractivity (Wildman–Crippen MR) is 80.1 cm³/mol. The van der Waals surface area contributed by atoms with Crippen molar-refractivity contribution in [2.45, 2.75) is 23.2 Å². The molecule has 1 heterocycles. The summed E-state index contributed by atoms with van der Waals surface area (Å²) in [6.45, 7) is 0.574. The third-order valence-electron chi connectivity index (χ3n) is 3.63. The molecule has 0 spiro atoms. The number of rotatable bonds is 2. The molecule has 0 aliphatic carbocycles. The minimum atomic E-state index is -5.77. The number of aliphatic hydroxyl groups is 1. The Kier molecular flexibility index (Phi) is 5.51. The fourth-order valence-electron chi connectivity index (χ4n) is 2.16. The van der Waals surface area contributed by atoms with E-state index in [9.17, 15) is 45.0 Å². The van der Waals surface area contributed by atoms with Gasteiger partial charge >= 0.3 is 6.18 Å². The number of nitrogens with one attached hydrogen (secondary N) is 1. The molecule has 0 saturated carbocycles. The van der Waals surface area contributed by atoms with E-state index in [0.29, 0.717) is 0 Å². The fourth-order valence-corrected chi connectivity index (χ4v) is 2.66. The Balaban J connectivity index is 2.72. The molecule has 1 aliphatic rings. The lowest BCUT2D eigenvalue weighted by atomic mass is 10.1. The van der Waals surface area contributed by atoms with Crippen LogP contribution in [0.4, 0.5) is 40.8 Å². The molecule has 1 atom stereocenters. The first-order valence-electron chi connectivity index (χ1n) is 6.99. The van der Waals surface area contributed by atoms with Gasteiger partial charge in [0.25, 0.3) is 16.0 Å². The van der Waals surface area contributed by atoms with E-state index in [4.69, 9.17) is 23.2 Å². The summed E-state index contributed by atoms with van der Waals surface area (Å²) in [6, 6.07) is 0.